The van der Waals surface area contributed by atoms with Crippen LogP contribution in [0, 0.1) is 17.6 Å². The molecule has 2 aromatic rings. The maximum absolute atomic E-state index is 13.9. The Hall–Kier alpha value is -3.09. The number of carbonyl (C=O) groups is 3. The van der Waals surface area contributed by atoms with E-state index < -0.39 is 29.4 Å². The highest BCUT2D eigenvalue weighted by atomic mass is 19.1. The first-order valence-electron chi connectivity index (χ1n) is 8.03. The van der Waals surface area contributed by atoms with Crippen LogP contribution in [0.5, 0.6) is 0 Å². The highest BCUT2D eigenvalue weighted by molar-refractivity contribution is 6.07. The molecule has 1 saturated heterocycles. The van der Waals surface area contributed by atoms with Crippen LogP contribution in [-0.4, -0.2) is 24.1 Å². The number of hydrogen-bond donors (Lipinski definition) is 1. The molecular formula is C19H16F2N2O3. The average Bonchev–Trinajstić information content (AvgIpc) is 2.97. The topological polar surface area (TPSA) is 66.5 Å². The molecule has 1 aliphatic heterocycles. The summed E-state index contributed by atoms with van der Waals surface area (Å²) in [6.45, 7) is 1.37. The van der Waals surface area contributed by atoms with Gasteiger partial charge in [-0.2, -0.15) is 0 Å². The number of hydrogen-bond acceptors (Lipinski definition) is 3. The third-order valence-corrected chi connectivity index (χ3v) is 4.26. The molecule has 1 atom stereocenters. The Kier molecular flexibility index (Phi) is 4.79. The molecule has 2 aromatic carbocycles. The number of carbonyl (C=O) groups excluding carboxylic acids is 3. The number of anilines is 2. The van der Waals surface area contributed by atoms with Gasteiger partial charge in [-0.1, -0.05) is 12.1 Å². The van der Waals surface area contributed by atoms with E-state index >= 15 is 0 Å². The summed E-state index contributed by atoms with van der Waals surface area (Å²) >= 11 is 0. The van der Waals surface area contributed by atoms with E-state index in [4.69, 9.17) is 0 Å². The Bertz CT molecular complexity index is 898. The lowest BCUT2D eigenvalue weighted by molar-refractivity contribution is -0.122. The summed E-state index contributed by atoms with van der Waals surface area (Å²) in [4.78, 5) is 37.5. The zero-order chi connectivity index (χ0) is 18.8. The van der Waals surface area contributed by atoms with Crippen LogP contribution in [0.1, 0.15) is 23.7 Å². The molecule has 5 nitrogen and oxygen atoms in total. The Morgan fingerprint density at radius 1 is 1.15 bits per heavy atom. The number of para-hydroxylation sites is 1. The number of halogens is 2. The Morgan fingerprint density at radius 3 is 2.58 bits per heavy atom. The summed E-state index contributed by atoms with van der Waals surface area (Å²) in [5, 5.41) is 2.66. The summed E-state index contributed by atoms with van der Waals surface area (Å²) in [6.07, 6.45) is -0.0924. The number of rotatable bonds is 4. The second kappa shape index (κ2) is 7.03. The van der Waals surface area contributed by atoms with Gasteiger partial charge in [0, 0.05) is 24.6 Å². The van der Waals surface area contributed by atoms with Gasteiger partial charge >= 0.3 is 0 Å². The van der Waals surface area contributed by atoms with Crippen molar-refractivity contribution in [2.24, 2.45) is 5.92 Å². The lowest BCUT2D eigenvalue weighted by Crippen LogP contribution is -2.29. The first kappa shape index (κ1) is 17.7. The molecule has 3 rings (SSSR count). The summed E-state index contributed by atoms with van der Waals surface area (Å²) in [5.74, 6) is -3.35. The van der Waals surface area contributed by atoms with E-state index in [0.717, 1.165) is 11.0 Å². The average molecular weight is 358 g/mol. The van der Waals surface area contributed by atoms with E-state index in [-0.39, 0.29) is 24.4 Å². The van der Waals surface area contributed by atoms with Crippen molar-refractivity contribution in [3.05, 3.63) is 59.7 Å². The van der Waals surface area contributed by atoms with Gasteiger partial charge in [0.05, 0.1) is 17.3 Å². The van der Waals surface area contributed by atoms with Crippen LogP contribution in [0.4, 0.5) is 20.2 Å². The highest BCUT2D eigenvalue weighted by Crippen LogP contribution is 2.29. The Balaban J connectivity index is 1.76. The molecule has 0 aromatic heterocycles. The minimum absolute atomic E-state index is 0.0184. The normalized spacial score (nSPS) is 16.7. The van der Waals surface area contributed by atoms with Crippen LogP contribution in [0.15, 0.2) is 42.5 Å². The van der Waals surface area contributed by atoms with Crippen LogP contribution in [0.2, 0.25) is 0 Å². The molecule has 0 bridgehead atoms. The molecule has 2 amide bonds. The minimum Gasteiger partial charge on any atom is -0.325 e. The molecule has 1 heterocycles. The minimum atomic E-state index is -0.860. The molecule has 134 valence electrons. The Morgan fingerprint density at radius 2 is 1.88 bits per heavy atom. The summed E-state index contributed by atoms with van der Waals surface area (Å²) in [5.41, 5.74) is 0.673. The molecule has 7 heteroatoms. The van der Waals surface area contributed by atoms with Crippen LogP contribution in [-0.2, 0) is 9.59 Å². The molecule has 1 N–H and O–H groups in total. The van der Waals surface area contributed by atoms with E-state index in [1.165, 1.54) is 13.0 Å². The van der Waals surface area contributed by atoms with Crippen molar-refractivity contribution in [3.8, 4) is 0 Å². The van der Waals surface area contributed by atoms with E-state index in [1.54, 1.807) is 24.3 Å². The predicted octanol–water partition coefficient (Wildman–Crippen LogP) is 3.16. The fraction of sp³-hybridized carbons (Fsp3) is 0.211. The summed E-state index contributed by atoms with van der Waals surface area (Å²) in [6, 6.07) is 9.49. The zero-order valence-electron chi connectivity index (χ0n) is 14.0. The van der Waals surface area contributed by atoms with Crippen LogP contribution in [0.25, 0.3) is 0 Å². The van der Waals surface area contributed by atoms with Crippen molar-refractivity contribution in [3.63, 3.8) is 0 Å². The highest BCUT2D eigenvalue weighted by Gasteiger charge is 2.36. The molecule has 0 radical (unpaired) electrons. The van der Waals surface area contributed by atoms with E-state index in [0.29, 0.717) is 17.3 Å². The molecule has 1 aliphatic rings. The lowest BCUT2D eigenvalue weighted by Gasteiger charge is -2.17. The molecule has 26 heavy (non-hydrogen) atoms. The van der Waals surface area contributed by atoms with Gasteiger partial charge in [0.1, 0.15) is 11.6 Å². The fourth-order valence-electron chi connectivity index (χ4n) is 2.95. The molecule has 0 aliphatic carbocycles. The van der Waals surface area contributed by atoms with Gasteiger partial charge in [-0.05, 0) is 31.2 Å². The van der Waals surface area contributed by atoms with Gasteiger partial charge in [0.2, 0.25) is 11.8 Å². The van der Waals surface area contributed by atoms with Crippen molar-refractivity contribution in [2.45, 2.75) is 13.3 Å². The van der Waals surface area contributed by atoms with Crippen LogP contribution >= 0.6 is 0 Å². The second-order valence-electron chi connectivity index (χ2n) is 6.09. The lowest BCUT2D eigenvalue weighted by atomic mass is 10.1. The van der Waals surface area contributed by atoms with Gasteiger partial charge in [0.15, 0.2) is 5.78 Å². The quantitative estimate of drug-likeness (QED) is 0.854. The van der Waals surface area contributed by atoms with Gasteiger partial charge in [-0.15, -0.1) is 0 Å². The van der Waals surface area contributed by atoms with Gasteiger partial charge in [0.25, 0.3) is 0 Å². The van der Waals surface area contributed by atoms with Gasteiger partial charge in [-0.3, -0.25) is 14.4 Å². The first-order chi connectivity index (χ1) is 12.4. The number of amides is 2. The van der Waals surface area contributed by atoms with Gasteiger partial charge in [-0.25, -0.2) is 8.78 Å². The maximum atomic E-state index is 13.9. The number of nitrogens with one attached hydrogen (secondary N) is 1. The second-order valence-corrected chi connectivity index (χ2v) is 6.09. The summed E-state index contributed by atoms with van der Waals surface area (Å²) in [7, 11) is 0. The third-order valence-electron chi connectivity index (χ3n) is 4.26. The maximum Gasteiger partial charge on any atom is 0.229 e. The zero-order valence-corrected chi connectivity index (χ0v) is 14.0. The summed E-state index contributed by atoms with van der Waals surface area (Å²) < 4.78 is 27.0. The standard InChI is InChI=1S/C19H16F2N2O3/c1-11(24)14-4-2-3-5-16(14)22-19(26)12-8-18(25)23(10-12)17-7-6-13(20)9-15(17)21/h2-7,9,12H,8,10H2,1H3,(H,22,26)/t12-/m0/s1. The molecule has 0 saturated carbocycles. The smallest absolute Gasteiger partial charge is 0.229 e. The number of ketones is 1. The molecular weight excluding hydrogens is 342 g/mol. The van der Waals surface area contributed by atoms with Crippen molar-refractivity contribution >= 4 is 29.0 Å². The number of nitrogens with zero attached hydrogens (tertiary/aromatic N) is 1. The van der Waals surface area contributed by atoms with E-state index in [2.05, 4.69) is 5.32 Å². The fourth-order valence-corrected chi connectivity index (χ4v) is 2.95. The van der Waals surface area contributed by atoms with Crippen molar-refractivity contribution < 1.29 is 23.2 Å². The Labute approximate surface area is 148 Å². The van der Waals surface area contributed by atoms with Crippen LogP contribution in [0.3, 0.4) is 0 Å². The predicted molar refractivity (Wildman–Crippen MR) is 91.9 cm³/mol. The van der Waals surface area contributed by atoms with E-state index in [9.17, 15) is 23.2 Å². The molecule has 0 spiro atoms. The van der Waals surface area contributed by atoms with Crippen LogP contribution < -0.4 is 10.2 Å². The van der Waals surface area contributed by atoms with Crippen molar-refractivity contribution in [1.29, 1.82) is 0 Å². The third kappa shape index (κ3) is 3.46. The van der Waals surface area contributed by atoms with Gasteiger partial charge < -0.3 is 10.2 Å². The monoisotopic (exact) mass is 358 g/mol. The SMILES string of the molecule is CC(=O)c1ccccc1NC(=O)[C@H]1CC(=O)N(c2ccc(F)cc2F)C1. The number of benzene rings is 2. The number of Topliss-reactive ketones (excluding diaryl/α,β-unsaturated/α-hetero) is 1. The van der Waals surface area contributed by atoms with Crippen molar-refractivity contribution in [2.75, 3.05) is 16.8 Å². The molecule has 0 unspecified atom stereocenters. The van der Waals surface area contributed by atoms with Crippen molar-refractivity contribution in [1.82, 2.24) is 0 Å². The molecule has 1 fully saturated rings. The largest absolute Gasteiger partial charge is 0.325 e. The van der Waals surface area contributed by atoms with E-state index in [1.807, 2.05) is 0 Å². The first-order valence-corrected chi connectivity index (χ1v) is 8.03.